The molecule has 3 aromatic heterocycles. The molecule has 6 aromatic carbocycles. The summed E-state index contributed by atoms with van der Waals surface area (Å²) in [4.78, 5) is 5.64. The van der Waals surface area contributed by atoms with Gasteiger partial charge in [0.05, 0.1) is 15.3 Å². The number of rotatable bonds is 5. The summed E-state index contributed by atoms with van der Waals surface area (Å²) in [5, 5.41) is 80.1. The fraction of sp³-hybridized carbons (Fsp3) is 0.265. The molecule has 0 spiro atoms. The van der Waals surface area contributed by atoms with Crippen molar-refractivity contribution in [1.29, 1.82) is 0 Å². The maximum absolute atomic E-state index is 12.6. The quantitative estimate of drug-likeness (QED) is 0.112. The molecule has 0 aliphatic heterocycles. The molecule has 0 saturated carbocycles. The smallest absolute Gasteiger partial charge is 0.250 e. The number of phenols is 3. The molecule has 9 rings (SSSR count). The van der Waals surface area contributed by atoms with Gasteiger partial charge < -0.3 is 30.9 Å². The highest BCUT2D eigenvalue weighted by Gasteiger charge is 2.29. The second kappa shape index (κ2) is 16.9. The van der Waals surface area contributed by atoms with Crippen LogP contribution < -0.4 is 14.5 Å². The normalized spacial score (nSPS) is 12.0. The summed E-state index contributed by atoms with van der Waals surface area (Å²) >= 11 is 0. The number of aryl methyl sites for hydroxylation is 1. The third-order valence-electron chi connectivity index (χ3n) is 10.7. The fourth-order valence-corrected chi connectivity index (χ4v) is 7.80. The van der Waals surface area contributed by atoms with Crippen LogP contribution in [0.1, 0.15) is 78.5 Å². The zero-order chi connectivity index (χ0) is 46.3. The van der Waals surface area contributed by atoms with Crippen molar-refractivity contribution >= 4 is 33.1 Å². The maximum atomic E-state index is 12.6. The lowest BCUT2D eigenvalue weighted by Gasteiger charge is -2.33. The number of fused-ring (bicyclic) bond motifs is 3. The Labute approximate surface area is 370 Å². The first-order valence-electron chi connectivity index (χ1n) is 20.8. The van der Waals surface area contributed by atoms with Crippen LogP contribution >= 0.6 is 0 Å². The van der Waals surface area contributed by atoms with Crippen molar-refractivity contribution < 1.29 is 29.9 Å². The Kier molecular flexibility index (Phi) is 11.7. The lowest BCUT2D eigenvalue weighted by molar-refractivity contribution is -0.664. The predicted molar refractivity (Wildman–Crippen MR) is 246 cm³/mol. The average Bonchev–Trinajstić information content (AvgIpc) is 3.88. The van der Waals surface area contributed by atoms with Crippen molar-refractivity contribution in [3.63, 3.8) is 0 Å². The van der Waals surface area contributed by atoms with Crippen LogP contribution in [-0.4, -0.2) is 45.0 Å². The number of hydrogen-bond donors (Lipinski definition) is 3. The molecule has 0 aliphatic rings. The Morgan fingerprint density at radius 3 is 1.19 bits per heavy atom. The number of aromatic hydroxyl groups is 3. The summed E-state index contributed by atoms with van der Waals surface area (Å²) < 4.78 is 0. The van der Waals surface area contributed by atoms with Gasteiger partial charge in [-0.15, -0.1) is 14.5 Å². The molecule has 9 aromatic rings. The Bertz CT molecular complexity index is 3140. The third kappa shape index (κ3) is 9.09. The van der Waals surface area contributed by atoms with E-state index in [-0.39, 0.29) is 33.5 Å². The first-order chi connectivity index (χ1) is 30.1. The Hall–Kier alpha value is -7.68. The molecule has 0 unspecified atom stereocenters. The molecule has 3 N–H and O–H groups in total. The van der Waals surface area contributed by atoms with E-state index in [1.807, 2.05) is 43.3 Å². The van der Waals surface area contributed by atoms with Crippen LogP contribution in [0.4, 0.5) is 0 Å². The van der Waals surface area contributed by atoms with Crippen LogP contribution in [0.15, 0.2) is 127 Å². The zero-order valence-corrected chi connectivity index (χ0v) is 37.4. The van der Waals surface area contributed by atoms with Gasteiger partial charge in [0.2, 0.25) is 33.1 Å². The summed E-state index contributed by atoms with van der Waals surface area (Å²) in [5.74, 6) is 0.0890. The van der Waals surface area contributed by atoms with E-state index in [2.05, 4.69) is 70.7 Å². The lowest BCUT2D eigenvalue weighted by atomic mass is 9.72. The molecule has 0 fully saturated rings. The molecule has 15 nitrogen and oxygen atoms in total. The van der Waals surface area contributed by atoms with Gasteiger partial charge in [0.25, 0.3) is 0 Å². The van der Waals surface area contributed by atoms with Crippen LogP contribution in [0.25, 0.3) is 50.2 Å². The second-order valence-corrected chi connectivity index (χ2v) is 18.7. The number of aromatic nitrogens is 9. The highest BCUT2D eigenvalue weighted by molar-refractivity contribution is 5.72. The molecule has 0 bridgehead atoms. The molecule has 15 heteroatoms. The van der Waals surface area contributed by atoms with Crippen LogP contribution in [-0.2, 0) is 10.8 Å². The Morgan fingerprint density at radius 1 is 0.469 bits per heavy atom. The topological polar surface area (TPSA) is 195 Å². The number of hydrogen-bond acceptors (Lipinski definition) is 9. The maximum Gasteiger partial charge on any atom is 0.250 e. The second-order valence-electron chi connectivity index (χ2n) is 18.7. The van der Waals surface area contributed by atoms with Gasteiger partial charge in [-0.3, -0.25) is 0 Å². The minimum Gasteiger partial charge on any atom is -0.692 e. The molecule has 0 saturated heterocycles. The van der Waals surface area contributed by atoms with E-state index in [4.69, 9.17) is 0 Å². The molecule has 330 valence electrons. The minimum absolute atomic E-state index is 0.0259. The van der Waals surface area contributed by atoms with Crippen molar-refractivity contribution in [2.24, 2.45) is 5.41 Å². The number of benzene rings is 6. The van der Waals surface area contributed by atoms with Gasteiger partial charge in [0, 0.05) is 0 Å². The van der Waals surface area contributed by atoms with Crippen molar-refractivity contribution in [3.05, 3.63) is 160 Å². The van der Waals surface area contributed by atoms with Gasteiger partial charge in [-0.1, -0.05) is 110 Å². The molecule has 0 amide bonds. The van der Waals surface area contributed by atoms with E-state index in [1.165, 1.54) is 9.59 Å². The molecular formula is C49H53N9O6. The largest absolute Gasteiger partial charge is 0.692 e. The van der Waals surface area contributed by atoms with Gasteiger partial charge in [-0.25, -0.2) is 0 Å². The zero-order valence-electron chi connectivity index (χ0n) is 37.4. The van der Waals surface area contributed by atoms with Gasteiger partial charge in [-0.2, -0.15) is 0 Å². The number of para-hydroxylation sites is 3. The average molecular weight is 864 g/mol. The van der Waals surface area contributed by atoms with Crippen molar-refractivity contribution in [2.45, 2.75) is 79.6 Å². The van der Waals surface area contributed by atoms with E-state index in [9.17, 15) is 30.9 Å². The van der Waals surface area contributed by atoms with Crippen LogP contribution in [0.2, 0.25) is 0 Å². The molecule has 0 radical (unpaired) electrons. The van der Waals surface area contributed by atoms with E-state index in [0.717, 1.165) is 27.9 Å². The van der Waals surface area contributed by atoms with Gasteiger partial charge in [-0.05, 0) is 133 Å². The molecule has 0 aliphatic carbocycles. The Balaban J connectivity index is 0.000000145. The summed E-state index contributed by atoms with van der Waals surface area (Å²) in [7, 11) is 0. The summed E-state index contributed by atoms with van der Waals surface area (Å²) in [5.41, 5.74) is 7.37. The lowest BCUT2D eigenvalue weighted by Crippen LogP contribution is -2.37. The molecule has 0 atom stereocenters. The van der Waals surface area contributed by atoms with E-state index < -0.39 is 0 Å². The first kappa shape index (κ1) is 44.4. The van der Waals surface area contributed by atoms with Crippen LogP contribution in [0, 0.1) is 28.0 Å². The number of phenolic OH excluding ortho intramolecular Hbond substituents is 3. The van der Waals surface area contributed by atoms with Gasteiger partial charge in [0.1, 0.15) is 17.2 Å². The third-order valence-corrected chi connectivity index (χ3v) is 10.7. The molecule has 3 heterocycles. The molecular weight excluding hydrogens is 811 g/mol. The van der Waals surface area contributed by atoms with E-state index in [1.54, 1.807) is 91.0 Å². The predicted octanol–water partition coefficient (Wildman–Crippen LogP) is 8.41. The van der Waals surface area contributed by atoms with E-state index >= 15 is 0 Å². The minimum atomic E-state index is -0.0962. The summed E-state index contributed by atoms with van der Waals surface area (Å²) in [6.45, 7) is 19.1. The van der Waals surface area contributed by atoms with Crippen molar-refractivity contribution in [3.8, 4) is 34.3 Å². The van der Waals surface area contributed by atoms with Crippen molar-refractivity contribution in [2.75, 3.05) is 0 Å². The number of nitrogens with zero attached hydrogens (tertiary/aromatic N) is 9. The van der Waals surface area contributed by atoms with Gasteiger partial charge in [0.15, 0.2) is 17.1 Å². The standard InChI is InChI=1S/C20H25N3O2.C16H17N3O2.C13H11N3O2/c1-19(2,3)13-20(4,5)14-10-11-18(24)17(12-14)22-21-15-8-6-7-9-16(15)23(22)25;1-16(2,3)11-8-9-15(20)14(10-11)18-17-12-6-4-5-7-13(12)19(18)21;1-9-6-7-13(17)12(8-9)15-14-10-4-2-3-5-11(10)16(15)18/h6-12,24H,13H2,1-5H3;4-10,20H,1-3H3;2-8,17H,1H3. The highest BCUT2D eigenvalue weighted by Crippen LogP contribution is 2.38. The highest BCUT2D eigenvalue weighted by atomic mass is 16.5. The monoisotopic (exact) mass is 863 g/mol. The fourth-order valence-electron chi connectivity index (χ4n) is 7.80. The summed E-state index contributed by atoms with van der Waals surface area (Å²) in [6.07, 6.45) is 0.975. The van der Waals surface area contributed by atoms with Crippen molar-refractivity contribution in [1.82, 2.24) is 29.7 Å². The Morgan fingerprint density at radius 2 is 0.812 bits per heavy atom. The SMILES string of the molecule is CC(C)(C)CC(C)(C)c1ccc(O)c(-n2nc3ccccc3[n+]2[O-])c1.CC(C)(C)c1ccc(O)c(-n2nc3ccccc3[n+]2[O-])c1.Cc1ccc(O)c(-n2nc3ccccc3[n+]2[O-])c1. The van der Waals surface area contributed by atoms with Gasteiger partial charge >= 0.3 is 0 Å². The first-order valence-corrected chi connectivity index (χ1v) is 20.8. The van der Waals surface area contributed by atoms with Crippen LogP contribution in [0.5, 0.6) is 17.2 Å². The molecule has 64 heavy (non-hydrogen) atoms. The van der Waals surface area contributed by atoms with E-state index in [0.29, 0.717) is 64.7 Å². The van der Waals surface area contributed by atoms with Crippen LogP contribution in [0.3, 0.4) is 0 Å². The summed E-state index contributed by atoms with van der Waals surface area (Å²) in [6, 6.07) is 37.0.